The van der Waals surface area contributed by atoms with Crippen molar-refractivity contribution >= 4 is 5.96 Å². The molecule has 170 valence electrons. The van der Waals surface area contributed by atoms with Gasteiger partial charge in [0.25, 0.3) is 0 Å². The molecule has 0 bridgehead atoms. The predicted molar refractivity (Wildman–Crippen MR) is 126 cm³/mol. The number of benzene rings is 1. The molecule has 1 aromatic carbocycles. The van der Waals surface area contributed by atoms with Gasteiger partial charge < -0.3 is 19.8 Å². The van der Waals surface area contributed by atoms with Crippen molar-refractivity contribution < 1.29 is 9.15 Å². The summed E-state index contributed by atoms with van der Waals surface area (Å²) < 4.78 is 10.9. The molecule has 31 heavy (non-hydrogen) atoms. The summed E-state index contributed by atoms with van der Waals surface area (Å²) in [6, 6.07) is 15.6. The van der Waals surface area contributed by atoms with E-state index >= 15 is 0 Å². The third kappa shape index (κ3) is 8.04. The first-order valence-corrected chi connectivity index (χ1v) is 11.7. The molecule has 1 atom stereocenters. The van der Waals surface area contributed by atoms with Crippen LogP contribution in [0.4, 0.5) is 0 Å². The summed E-state index contributed by atoms with van der Waals surface area (Å²) in [5, 5.41) is 7.15. The van der Waals surface area contributed by atoms with Gasteiger partial charge in [-0.2, -0.15) is 0 Å². The molecule has 6 heteroatoms. The highest BCUT2D eigenvalue weighted by atomic mass is 16.5. The SMILES string of the molecule is CCOCCCN=C(NCCc1ccco1)NC1CCN(C(C)c2ccccc2)CC1. The minimum Gasteiger partial charge on any atom is -0.469 e. The van der Waals surface area contributed by atoms with Gasteiger partial charge in [0.05, 0.1) is 6.26 Å². The van der Waals surface area contributed by atoms with Crippen molar-refractivity contribution in [3.05, 3.63) is 60.1 Å². The van der Waals surface area contributed by atoms with E-state index in [0.29, 0.717) is 12.1 Å². The number of piperidine rings is 1. The molecule has 0 saturated carbocycles. The van der Waals surface area contributed by atoms with E-state index in [1.165, 1.54) is 5.56 Å². The van der Waals surface area contributed by atoms with Crippen molar-refractivity contribution in [2.24, 2.45) is 4.99 Å². The molecule has 2 N–H and O–H groups in total. The summed E-state index contributed by atoms with van der Waals surface area (Å²) in [6.45, 7) is 9.61. The zero-order chi connectivity index (χ0) is 21.7. The average Bonchev–Trinajstić information content (AvgIpc) is 3.33. The summed E-state index contributed by atoms with van der Waals surface area (Å²) >= 11 is 0. The molecule has 0 aliphatic carbocycles. The summed E-state index contributed by atoms with van der Waals surface area (Å²) in [7, 11) is 0. The van der Waals surface area contributed by atoms with E-state index in [1.807, 2.05) is 19.1 Å². The smallest absolute Gasteiger partial charge is 0.191 e. The maximum absolute atomic E-state index is 5.44. The molecule has 1 fully saturated rings. The van der Waals surface area contributed by atoms with Crippen LogP contribution in [0.1, 0.15) is 50.5 Å². The van der Waals surface area contributed by atoms with Crippen LogP contribution in [0, 0.1) is 0 Å². The van der Waals surface area contributed by atoms with Gasteiger partial charge in [-0.15, -0.1) is 0 Å². The monoisotopic (exact) mass is 426 g/mol. The maximum Gasteiger partial charge on any atom is 0.191 e. The van der Waals surface area contributed by atoms with Crippen LogP contribution < -0.4 is 10.6 Å². The highest BCUT2D eigenvalue weighted by molar-refractivity contribution is 5.80. The van der Waals surface area contributed by atoms with Crippen molar-refractivity contribution in [1.82, 2.24) is 15.5 Å². The molecular formula is C25H38N4O2. The second-order valence-electron chi connectivity index (χ2n) is 8.08. The van der Waals surface area contributed by atoms with Crippen LogP contribution in [-0.4, -0.2) is 56.3 Å². The van der Waals surface area contributed by atoms with Crippen molar-refractivity contribution in [2.75, 3.05) is 39.4 Å². The standard InChI is InChI=1S/C25H38N4O2/c1-3-30-19-8-15-26-25(27-16-12-24-11-7-20-31-24)28-23-13-17-29(18-14-23)21(2)22-9-5-4-6-10-22/h4-7,9-11,20-21,23H,3,8,12-19H2,1-2H3,(H2,26,27,28). The first-order valence-electron chi connectivity index (χ1n) is 11.7. The predicted octanol–water partition coefficient (Wildman–Crippen LogP) is 4.01. The van der Waals surface area contributed by atoms with Gasteiger partial charge in [-0.05, 0) is 50.8 Å². The van der Waals surface area contributed by atoms with E-state index in [9.17, 15) is 0 Å². The Kier molecular flexibility index (Phi) is 9.93. The van der Waals surface area contributed by atoms with E-state index in [0.717, 1.165) is 76.8 Å². The van der Waals surface area contributed by atoms with Crippen LogP contribution in [0.25, 0.3) is 0 Å². The number of hydrogen-bond donors (Lipinski definition) is 2. The van der Waals surface area contributed by atoms with Crippen LogP contribution in [0.2, 0.25) is 0 Å². The van der Waals surface area contributed by atoms with E-state index in [2.05, 4.69) is 52.8 Å². The lowest BCUT2D eigenvalue weighted by Crippen LogP contribution is -2.49. The van der Waals surface area contributed by atoms with E-state index in [1.54, 1.807) is 6.26 Å². The minimum absolute atomic E-state index is 0.445. The lowest BCUT2D eigenvalue weighted by molar-refractivity contribution is 0.146. The Morgan fingerprint density at radius 2 is 2.00 bits per heavy atom. The van der Waals surface area contributed by atoms with Crippen LogP contribution in [0.15, 0.2) is 58.1 Å². The van der Waals surface area contributed by atoms with Crippen molar-refractivity contribution in [3.63, 3.8) is 0 Å². The third-order valence-electron chi connectivity index (χ3n) is 5.86. The number of rotatable bonds is 11. The Balaban J connectivity index is 1.47. The number of nitrogens with one attached hydrogen (secondary N) is 2. The van der Waals surface area contributed by atoms with Crippen molar-refractivity contribution in [2.45, 2.75) is 51.6 Å². The largest absolute Gasteiger partial charge is 0.469 e. The fourth-order valence-corrected chi connectivity index (χ4v) is 3.98. The van der Waals surface area contributed by atoms with Crippen LogP contribution >= 0.6 is 0 Å². The molecule has 1 unspecified atom stereocenters. The van der Waals surface area contributed by atoms with E-state index in [-0.39, 0.29) is 0 Å². The van der Waals surface area contributed by atoms with Crippen LogP contribution in [0.3, 0.4) is 0 Å². The maximum atomic E-state index is 5.44. The summed E-state index contributed by atoms with van der Waals surface area (Å²) in [5.74, 6) is 1.89. The number of hydrogen-bond acceptors (Lipinski definition) is 4. The van der Waals surface area contributed by atoms with Gasteiger partial charge in [0.15, 0.2) is 5.96 Å². The Bertz CT molecular complexity index is 740. The van der Waals surface area contributed by atoms with Crippen molar-refractivity contribution in [3.8, 4) is 0 Å². The van der Waals surface area contributed by atoms with E-state index < -0.39 is 0 Å². The normalized spacial score (nSPS) is 16.9. The Labute approximate surface area is 187 Å². The highest BCUT2D eigenvalue weighted by Crippen LogP contribution is 2.23. The minimum atomic E-state index is 0.445. The highest BCUT2D eigenvalue weighted by Gasteiger charge is 2.24. The molecule has 1 aliphatic rings. The molecule has 2 heterocycles. The van der Waals surface area contributed by atoms with Gasteiger partial charge in [-0.1, -0.05) is 30.3 Å². The second kappa shape index (κ2) is 13.2. The van der Waals surface area contributed by atoms with Crippen LogP contribution in [0.5, 0.6) is 0 Å². The Morgan fingerprint density at radius 1 is 1.19 bits per heavy atom. The number of likely N-dealkylation sites (tertiary alicyclic amines) is 1. The number of aliphatic imine (C=N–C) groups is 1. The first-order chi connectivity index (χ1) is 15.3. The number of guanidine groups is 1. The van der Waals surface area contributed by atoms with E-state index in [4.69, 9.17) is 14.1 Å². The third-order valence-corrected chi connectivity index (χ3v) is 5.86. The number of nitrogens with zero attached hydrogens (tertiary/aromatic N) is 2. The molecule has 6 nitrogen and oxygen atoms in total. The molecule has 2 aromatic rings. The zero-order valence-electron chi connectivity index (χ0n) is 19.1. The second-order valence-corrected chi connectivity index (χ2v) is 8.08. The molecule has 0 spiro atoms. The van der Waals surface area contributed by atoms with Gasteiger partial charge in [0, 0.05) is 57.9 Å². The zero-order valence-corrected chi connectivity index (χ0v) is 19.1. The van der Waals surface area contributed by atoms with Gasteiger partial charge >= 0.3 is 0 Å². The quantitative estimate of drug-likeness (QED) is 0.323. The Morgan fingerprint density at radius 3 is 2.71 bits per heavy atom. The molecule has 3 rings (SSSR count). The van der Waals surface area contributed by atoms with Gasteiger partial charge in [-0.3, -0.25) is 9.89 Å². The van der Waals surface area contributed by atoms with Gasteiger partial charge in [0.2, 0.25) is 0 Å². The summed E-state index contributed by atoms with van der Waals surface area (Å²) in [5.41, 5.74) is 1.39. The first kappa shape index (κ1) is 23.4. The molecule has 1 aliphatic heterocycles. The molecule has 1 aromatic heterocycles. The topological polar surface area (TPSA) is 62.0 Å². The lowest BCUT2D eigenvalue weighted by Gasteiger charge is -2.37. The Hall–Kier alpha value is -2.31. The lowest BCUT2D eigenvalue weighted by atomic mass is 10.0. The fourth-order valence-electron chi connectivity index (χ4n) is 3.98. The average molecular weight is 427 g/mol. The van der Waals surface area contributed by atoms with Crippen LogP contribution in [-0.2, 0) is 11.2 Å². The van der Waals surface area contributed by atoms with Gasteiger partial charge in [-0.25, -0.2) is 0 Å². The molecule has 1 saturated heterocycles. The molecule has 0 radical (unpaired) electrons. The van der Waals surface area contributed by atoms with Crippen molar-refractivity contribution in [1.29, 1.82) is 0 Å². The number of furan rings is 1. The summed E-state index contributed by atoms with van der Waals surface area (Å²) in [6.07, 6.45) is 5.75. The summed E-state index contributed by atoms with van der Waals surface area (Å²) in [4.78, 5) is 7.36. The molecular weight excluding hydrogens is 388 g/mol. The van der Waals surface area contributed by atoms with Gasteiger partial charge in [0.1, 0.15) is 5.76 Å². The molecule has 0 amide bonds. The number of ether oxygens (including phenoxy) is 1. The fraction of sp³-hybridized carbons (Fsp3) is 0.560.